The Bertz CT molecular complexity index is 587. The normalized spacial score (nSPS) is 11.9. The molecule has 0 amide bonds. The van der Waals surface area contributed by atoms with Crippen LogP contribution in [0.2, 0.25) is 0 Å². The van der Waals surface area contributed by atoms with E-state index >= 15 is 0 Å². The Hall–Kier alpha value is -2.43. The van der Waals surface area contributed by atoms with Crippen molar-refractivity contribution in [2.75, 3.05) is 5.32 Å². The second kappa shape index (κ2) is 7.38. The van der Waals surface area contributed by atoms with E-state index in [2.05, 4.69) is 28.3 Å². The summed E-state index contributed by atoms with van der Waals surface area (Å²) in [7, 11) is 0. The number of anilines is 1. The summed E-state index contributed by atoms with van der Waals surface area (Å²) >= 11 is 0. The van der Waals surface area contributed by atoms with E-state index in [0.717, 1.165) is 19.3 Å². The van der Waals surface area contributed by atoms with Crippen LogP contribution in [0, 0.1) is 0 Å². The van der Waals surface area contributed by atoms with Crippen molar-refractivity contribution in [2.24, 2.45) is 0 Å². The van der Waals surface area contributed by atoms with E-state index in [1.165, 1.54) is 11.6 Å². The summed E-state index contributed by atoms with van der Waals surface area (Å²) < 4.78 is 0. The molecule has 0 aromatic carbocycles. The van der Waals surface area contributed by atoms with Gasteiger partial charge in [-0.1, -0.05) is 12.1 Å². The van der Waals surface area contributed by atoms with Crippen LogP contribution in [0.4, 0.5) is 5.82 Å². The zero-order chi connectivity index (χ0) is 15.1. The lowest BCUT2D eigenvalue weighted by Gasteiger charge is -2.14. The molecule has 0 bridgehead atoms. The van der Waals surface area contributed by atoms with Crippen molar-refractivity contribution < 1.29 is 9.90 Å². The molecule has 1 atom stereocenters. The quantitative estimate of drug-likeness (QED) is 0.818. The molecular weight excluding hydrogens is 266 g/mol. The Morgan fingerprint density at radius 1 is 1.33 bits per heavy atom. The maximum absolute atomic E-state index is 10.9. The fourth-order valence-corrected chi connectivity index (χ4v) is 2.12. The standard InChI is InChI=1S/C16H19N3O2/c1-12(5-2-6-13-7-4-10-17-11-13)18-15-9-3-8-14(19-15)16(20)21/h3-4,7-12H,2,5-6H2,1H3,(H,18,19)(H,20,21). The monoisotopic (exact) mass is 285 g/mol. The molecule has 0 radical (unpaired) electrons. The average Bonchev–Trinajstić information content (AvgIpc) is 2.48. The van der Waals surface area contributed by atoms with Crippen molar-refractivity contribution in [2.45, 2.75) is 32.2 Å². The molecule has 0 saturated carbocycles. The van der Waals surface area contributed by atoms with E-state index < -0.39 is 5.97 Å². The van der Waals surface area contributed by atoms with Crippen molar-refractivity contribution in [3.05, 3.63) is 54.0 Å². The molecule has 21 heavy (non-hydrogen) atoms. The molecule has 2 N–H and O–H groups in total. The van der Waals surface area contributed by atoms with Crippen LogP contribution in [-0.2, 0) is 6.42 Å². The highest BCUT2D eigenvalue weighted by molar-refractivity contribution is 5.85. The van der Waals surface area contributed by atoms with Crippen LogP contribution in [0.1, 0.15) is 35.8 Å². The van der Waals surface area contributed by atoms with Gasteiger partial charge in [-0.15, -0.1) is 0 Å². The smallest absolute Gasteiger partial charge is 0.354 e. The van der Waals surface area contributed by atoms with E-state index in [4.69, 9.17) is 5.11 Å². The molecule has 2 aromatic rings. The maximum atomic E-state index is 10.9. The minimum atomic E-state index is -1.01. The molecule has 0 aliphatic carbocycles. The van der Waals surface area contributed by atoms with Crippen molar-refractivity contribution in [3.63, 3.8) is 0 Å². The highest BCUT2D eigenvalue weighted by Gasteiger charge is 2.07. The summed E-state index contributed by atoms with van der Waals surface area (Å²) in [6.45, 7) is 2.07. The van der Waals surface area contributed by atoms with E-state index in [1.54, 1.807) is 18.3 Å². The third-order valence-electron chi connectivity index (χ3n) is 3.19. The third-order valence-corrected chi connectivity index (χ3v) is 3.19. The first-order chi connectivity index (χ1) is 10.1. The van der Waals surface area contributed by atoms with Gasteiger partial charge in [0.05, 0.1) is 0 Å². The maximum Gasteiger partial charge on any atom is 0.354 e. The summed E-state index contributed by atoms with van der Waals surface area (Å²) in [5.41, 5.74) is 1.29. The summed E-state index contributed by atoms with van der Waals surface area (Å²) in [6.07, 6.45) is 6.67. The molecule has 110 valence electrons. The molecule has 0 fully saturated rings. The number of nitrogens with one attached hydrogen (secondary N) is 1. The molecule has 0 spiro atoms. The molecule has 0 aliphatic heterocycles. The second-order valence-corrected chi connectivity index (χ2v) is 5.01. The number of carboxylic acids is 1. The van der Waals surface area contributed by atoms with Gasteiger partial charge in [0.15, 0.2) is 5.69 Å². The van der Waals surface area contributed by atoms with Crippen molar-refractivity contribution in [3.8, 4) is 0 Å². The number of hydrogen-bond donors (Lipinski definition) is 2. The first kappa shape index (κ1) is 15.0. The molecule has 5 heteroatoms. The molecule has 2 heterocycles. The lowest BCUT2D eigenvalue weighted by molar-refractivity contribution is 0.0690. The minimum Gasteiger partial charge on any atom is -0.477 e. The van der Waals surface area contributed by atoms with Crippen LogP contribution in [0.15, 0.2) is 42.7 Å². The second-order valence-electron chi connectivity index (χ2n) is 5.01. The molecular formula is C16H19N3O2. The van der Waals surface area contributed by atoms with Gasteiger partial charge in [0.2, 0.25) is 0 Å². The van der Waals surface area contributed by atoms with Crippen LogP contribution in [0.5, 0.6) is 0 Å². The Morgan fingerprint density at radius 2 is 2.19 bits per heavy atom. The van der Waals surface area contributed by atoms with E-state index in [0.29, 0.717) is 5.82 Å². The Balaban J connectivity index is 1.80. The summed E-state index contributed by atoms with van der Waals surface area (Å²) in [5, 5.41) is 12.1. The predicted molar refractivity (Wildman–Crippen MR) is 81.5 cm³/mol. The number of aryl methyl sites for hydroxylation is 1. The Labute approximate surface area is 124 Å². The van der Waals surface area contributed by atoms with Gasteiger partial charge in [0.25, 0.3) is 0 Å². The summed E-state index contributed by atoms with van der Waals surface area (Å²) in [5.74, 6) is -0.411. The van der Waals surface area contributed by atoms with E-state index in [9.17, 15) is 4.79 Å². The van der Waals surface area contributed by atoms with Gasteiger partial charge in [-0.25, -0.2) is 9.78 Å². The van der Waals surface area contributed by atoms with Crippen LogP contribution >= 0.6 is 0 Å². The fraction of sp³-hybridized carbons (Fsp3) is 0.312. The molecule has 0 aliphatic rings. The number of nitrogens with zero attached hydrogens (tertiary/aromatic N) is 2. The van der Waals surface area contributed by atoms with E-state index in [-0.39, 0.29) is 11.7 Å². The van der Waals surface area contributed by atoms with E-state index in [1.807, 2.05) is 12.3 Å². The number of hydrogen-bond acceptors (Lipinski definition) is 4. The Morgan fingerprint density at radius 3 is 2.90 bits per heavy atom. The van der Waals surface area contributed by atoms with Gasteiger partial charge in [0.1, 0.15) is 5.82 Å². The third kappa shape index (κ3) is 4.87. The van der Waals surface area contributed by atoms with Crippen molar-refractivity contribution in [1.29, 1.82) is 0 Å². The Kier molecular flexibility index (Phi) is 5.26. The molecule has 2 rings (SSSR count). The fourth-order valence-electron chi connectivity index (χ4n) is 2.12. The van der Waals surface area contributed by atoms with Crippen molar-refractivity contribution >= 4 is 11.8 Å². The van der Waals surface area contributed by atoms with Gasteiger partial charge in [-0.05, 0) is 49.9 Å². The molecule has 2 aromatic heterocycles. The number of carboxylic acid groups (broad SMARTS) is 1. The highest BCUT2D eigenvalue weighted by Crippen LogP contribution is 2.11. The van der Waals surface area contributed by atoms with Gasteiger partial charge < -0.3 is 10.4 Å². The van der Waals surface area contributed by atoms with Gasteiger partial charge >= 0.3 is 5.97 Å². The first-order valence-corrected chi connectivity index (χ1v) is 7.01. The van der Waals surface area contributed by atoms with Gasteiger partial charge in [0, 0.05) is 18.4 Å². The lowest BCUT2D eigenvalue weighted by Crippen LogP contribution is -2.17. The van der Waals surface area contributed by atoms with Crippen LogP contribution < -0.4 is 5.32 Å². The lowest BCUT2D eigenvalue weighted by atomic mass is 10.1. The highest BCUT2D eigenvalue weighted by atomic mass is 16.4. The number of pyridine rings is 2. The number of aromatic carboxylic acids is 1. The van der Waals surface area contributed by atoms with Crippen LogP contribution in [0.3, 0.4) is 0 Å². The predicted octanol–water partition coefficient (Wildman–Crippen LogP) is 3.00. The zero-order valence-corrected chi connectivity index (χ0v) is 12.0. The summed E-state index contributed by atoms with van der Waals surface area (Å²) in [6, 6.07) is 9.21. The largest absolute Gasteiger partial charge is 0.477 e. The SMILES string of the molecule is CC(CCCc1cccnc1)Nc1cccc(C(=O)O)n1. The van der Waals surface area contributed by atoms with Crippen LogP contribution in [0.25, 0.3) is 0 Å². The molecule has 5 nitrogen and oxygen atoms in total. The van der Waals surface area contributed by atoms with Gasteiger partial charge in [-0.3, -0.25) is 4.98 Å². The minimum absolute atomic E-state index is 0.0579. The van der Waals surface area contributed by atoms with Gasteiger partial charge in [-0.2, -0.15) is 0 Å². The average molecular weight is 285 g/mol. The van der Waals surface area contributed by atoms with Crippen molar-refractivity contribution in [1.82, 2.24) is 9.97 Å². The number of carbonyl (C=O) groups is 1. The number of aromatic nitrogens is 2. The topological polar surface area (TPSA) is 75.1 Å². The number of rotatable bonds is 7. The zero-order valence-electron chi connectivity index (χ0n) is 12.0. The summed E-state index contributed by atoms with van der Waals surface area (Å²) in [4.78, 5) is 19.0. The first-order valence-electron chi connectivity index (χ1n) is 7.01. The van der Waals surface area contributed by atoms with Crippen LogP contribution in [-0.4, -0.2) is 27.1 Å². The molecule has 0 saturated heterocycles. The molecule has 1 unspecified atom stereocenters.